The van der Waals surface area contributed by atoms with Gasteiger partial charge in [0, 0.05) is 24.7 Å². The molecule has 2 atom stereocenters. The Hall–Kier alpha value is -3.28. The fourth-order valence-corrected chi connectivity index (χ4v) is 3.65. The van der Waals surface area contributed by atoms with Crippen molar-refractivity contribution in [1.82, 2.24) is 10.4 Å². The molecule has 2 aromatic carbocycles. The highest BCUT2D eigenvalue weighted by molar-refractivity contribution is 5.96. The zero-order chi connectivity index (χ0) is 26.2. The molecule has 36 heavy (non-hydrogen) atoms. The monoisotopic (exact) mass is 510 g/mol. The predicted molar refractivity (Wildman–Crippen MR) is 126 cm³/mol. The summed E-state index contributed by atoms with van der Waals surface area (Å²) in [5.41, 5.74) is 3.09. The normalized spacial score (nSPS) is 17.0. The number of rotatable bonds is 12. The molecule has 1 aliphatic heterocycles. The first kappa shape index (κ1) is 27.3. The van der Waals surface area contributed by atoms with Crippen LogP contribution in [0, 0.1) is 11.2 Å². The Bertz CT molecular complexity index is 1100. The summed E-state index contributed by atoms with van der Waals surface area (Å²) in [5.74, 6) is -0.553. The number of ether oxygens (including phenoxy) is 1. The summed E-state index contributed by atoms with van der Waals surface area (Å²) in [6.45, 7) is 0.207. The molecule has 0 fully saturated rings. The van der Waals surface area contributed by atoms with Gasteiger partial charge in [0.15, 0.2) is 0 Å². The van der Waals surface area contributed by atoms with Crippen LogP contribution in [0.1, 0.15) is 17.5 Å². The number of aliphatic hydroxyl groups excluding tert-OH is 1. The van der Waals surface area contributed by atoms with Gasteiger partial charge in [-0.1, -0.05) is 30.3 Å². The van der Waals surface area contributed by atoms with Crippen molar-refractivity contribution in [1.29, 1.82) is 5.41 Å². The van der Waals surface area contributed by atoms with E-state index in [0.717, 1.165) is 17.7 Å². The fraction of sp³-hybridized carbons (Fsp3) is 0.320. The first-order chi connectivity index (χ1) is 17.1. The molecule has 0 amide bonds. The van der Waals surface area contributed by atoms with Crippen molar-refractivity contribution in [2.24, 2.45) is 0 Å². The highest BCUT2D eigenvalue weighted by Crippen LogP contribution is 2.26. The molecule has 0 saturated carbocycles. The smallest absolute Gasteiger partial charge is 0.279 e. The Morgan fingerprint density at radius 2 is 1.89 bits per heavy atom. The van der Waals surface area contributed by atoms with Crippen molar-refractivity contribution in [2.45, 2.75) is 44.6 Å². The molecule has 1 heterocycles. The van der Waals surface area contributed by atoms with E-state index in [1.807, 2.05) is 30.3 Å². The van der Waals surface area contributed by atoms with E-state index in [2.05, 4.69) is 10.7 Å². The molecule has 0 radical (unpaired) electrons. The van der Waals surface area contributed by atoms with Gasteiger partial charge in [0.05, 0.1) is 36.4 Å². The quantitative estimate of drug-likeness (QED) is 0.243. The van der Waals surface area contributed by atoms with Gasteiger partial charge in [-0.2, -0.15) is 0 Å². The minimum atomic E-state index is -3.11. The van der Waals surface area contributed by atoms with Crippen LogP contribution in [0.15, 0.2) is 72.1 Å². The van der Waals surface area contributed by atoms with Crippen LogP contribution in [0.2, 0.25) is 0 Å². The SMILES string of the molecule is CN1NC(CC(F)F)C=C1C(O)/C(=C/C(=N)C(F)F)Nc1ccc(F)cc1COCc1ccccc1. The number of aliphatic hydroxyl groups is 1. The average molecular weight is 511 g/mol. The number of benzene rings is 2. The van der Waals surface area contributed by atoms with Gasteiger partial charge in [-0.15, -0.1) is 0 Å². The van der Waals surface area contributed by atoms with Crippen molar-refractivity contribution in [3.05, 3.63) is 89.0 Å². The highest BCUT2D eigenvalue weighted by atomic mass is 19.3. The van der Waals surface area contributed by atoms with Crippen LogP contribution in [-0.2, 0) is 18.0 Å². The van der Waals surface area contributed by atoms with Gasteiger partial charge in [-0.25, -0.2) is 27.4 Å². The summed E-state index contributed by atoms with van der Waals surface area (Å²) in [4.78, 5) is 0. The van der Waals surface area contributed by atoms with Gasteiger partial charge in [0.25, 0.3) is 6.43 Å². The second-order valence-electron chi connectivity index (χ2n) is 8.18. The van der Waals surface area contributed by atoms with E-state index < -0.39 is 42.9 Å². The summed E-state index contributed by atoms with van der Waals surface area (Å²) in [6, 6.07) is 12.2. The maximum absolute atomic E-state index is 14.0. The van der Waals surface area contributed by atoms with E-state index >= 15 is 0 Å². The van der Waals surface area contributed by atoms with Crippen LogP contribution >= 0.6 is 0 Å². The second-order valence-corrected chi connectivity index (χ2v) is 8.18. The van der Waals surface area contributed by atoms with E-state index in [1.54, 1.807) is 0 Å². The van der Waals surface area contributed by atoms with E-state index in [1.165, 1.54) is 30.3 Å². The van der Waals surface area contributed by atoms with Crippen LogP contribution in [-0.4, -0.2) is 47.9 Å². The third kappa shape index (κ3) is 7.61. The summed E-state index contributed by atoms with van der Waals surface area (Å²) >= 11 is 0. The molecular weight excluding hydrogens is 483 g/mol. The number of alkyl halides is 4. The van der Waals surface area contributed by atoms with Crippen molar-refractivity contribution in [3.63, 3.8) is 0 Å². The summed E-state index contributed by atoms with van der Waals surface area (Å²) in [7, 11) is 1.48. The van der Waals surface area contributed by atoms with Crippen molar-refractivity contribution < 1.29 is 31.8 Å². The lowest BCUT2D eigenvalue weighted by Crippen LogP contribution is -2.38. The number of anilines is 1. The van der Waals surface area contributed by atoms with Gasteiger partial charge in [0.1, 0.15) is 11.9 Å². The Kier molecular flexibility index (Phi) is 9.57. The topological polar surface area (TPSA) is 80.6 Å². The third-order valence-electron chi connectivity index (χ3n) is 5.39. The van der Waals surface area contributed by atoms with Gasteiger partial charge in [-0.05, 0) is 35.9 Å². The third-order valence-corrected chi connectivity index (χ3v) is 5.39. The summed E-state index contributed by atoms with van der Waals surface area (Å²) < 4.78 is 71.6. The number of hydrogen-bond donors (Lipinski definition) is 4. The van der Waals surface area contributed by atoms with Crippen molar-refractivity contribution in [3.8, 4) is 0 Å². The van der Waals surface area contributed by atoms with E-state index in [0.29, 0.717) is 5.56 Å². The number of nitrogens with one attached hydrogen (secondary N) is 3. The first-order valence-electron chi connectivity index (χ1n) is 11.1. The van der Waals surface area contributed by atoms with Gasteiger partial charge in [0.2, 0.25) is 6.43 Å². The molecule has 0 aromatic heterocycles. The maximum atomic E-state index is 14.0. The van der Waals surface area contributed by atoms with E-state index in [9.17, 15) is 27.1 Å². The molecule has 3 rings (SSSR count). The fourth-order valence-electron chi connectivity index (χ4n) is 3.65. The van der Waals surface area contributed by atoms with Crippen LogP contribution in [0.25, 0.3) is 0 Å². The molecule has 4 N–H and O–H groups in total. The van der Waals surface area contributed by atoms with Crippen LogP contribution in [0.5, 0.6) is 0 Å². The predicted octanol–water partition coefficient (Wildman–Crippen LogP) is 4.84. The summed E-state index contributed by atoms with van der Waals surface area (Å²) in [5, 5.41) is 22.7. The molecular formula is C25H27F5N4O2. The Balaban J connectivity index is 1.85. The standard InChI is InChI=1S/C25H27F5N4O2/c1-34-22(10-18(33-34)11-23(27)28)24(35)21(12-19(31)25(29)30)32-20-8-7-17(26)9-16(20)14-36-13-15-5-3-2-4-6-15/h2-10,12,18,23-25,31-33,35H,11,13-14H2,1H3/b21-12-,31-19?. The Morgan fingerprint density at radius 1 is 1.17 bits per heavy atom. The zero-order valence-electron chi connectivity index (χ0n) is 19.4. The largest absolute Gasteiger partial charge is 0.381 e. The van der Waals surface area contributed by atoms with Gasteiger partial charge in [-0.3, -0.25) is 5.41 Å². The first-order valence-corrected chi connectivity index (χ1v) is 11.1. The molecule has 0 spiro atoms. The highest BCUT2D eigenvalue weighted by Gasteiger charge is 2.30. The lowest BCUT2D eigenvalue weighted by Gasteiger charge is -2.25. The van der Waals surface area contributed by atoms with Crippen LogP contribution in [0.3, 0.4) is 0 Å². The summed E-state index contributed by atoms with van der Waals surface area (Å²) in [6.07, 6.45) is -5.67. The lowest BCUT2D eigenvalue weighted by atomic mass is 10.1. The lowest BCUT2D eigenvalue weighted by molar-refractivity contribution is 0.107. The number of nitrogens with zero attached hydrogens (tertiary/aromatic N) is 1. The van der Waals surface area contributed by atoms with Gasteiger partial charge >= 0.3 is 0 Å². The number of allylic oxidation sites excluding steroid dienone is 1. The molecule has 0 aliphatic carbocycles. The average Bonchev–Trinajstić information content (AvgIpc) is 3.19. The van der Waals surface area contributed by atoms with Gasteiger partial charge < -0.3 is 20.2 Å². The van der Waals surface area contributed by atoms with E-state index in [4.69, 9.17) is 10.1 Å². The molecule has 2 unspecified atom stereocenters. The van der Waals surface area contributed by atoms with E-state index in [-0.39, 0.29) is 30.3 Å². The molecule has 0 saturated heterocycles. The number of hydrogen-bond acceptors (Lipinski definition) is 6. The Labute approximate surface area is 205 Å². The van der Waals surface area contributed by atoms with Crippen molar-refractivity contribution in [2.75, 3.05) is 12.4 Å². The van der Waals surface area contributed by atoms with Crippen molar-refractivity contribution >= 4 is 11.4 Å². The maximum Gasteiger partial charge on any atom is 0.279 e. The number of likely N-dealkylation sites (N-methyl/N-ethyl adjacent to an activating group) is 1. The molecule has 2 aromatic rings. The number of hydrazine groups is 1. The second kappa shape index (κ2) is 12.6. The Morgan fingerprint density at radius 3 is 2.56 bits per heavy atom. The van der Waals surface area contributed by atoms with Crippen LogP contribution < -0.4 is 10.7 Å². The molecule has 0 bridgehead atoms. The molecule has 194 valence electrons. The zero-order valence-corrected chi connectivity index (χ0v) is 19.4. The van der Waals surface area contributed by atoms with Crippen LogP contribution in [0.4, 0.5) is 27.6 Å². The minimum absolute atomic E-state index is 0.0364. The molecule has 11 heteroatoms. The molecule has 1 aliphatic rings. The number of halogens is 5. The molecule has 6 nitrogen and oxygen atoms in total. The minimum Gasteiger partial charge on any atom is -0.381 e.